The summed E-state index contributed by atoms with van der Waals surface area (Å²) in [6.07, 6.45) is 2.06. The number of thiophene rings is 1. The smallest absolute Gasteiger partial charge is 0.0983 e. The van der Waals surface area contributed by atoms with E-state index in [-0.39, 0.29) is 12.1 Å². The van der Waals surface area contributed by atoms with Crippen molar-refractivity contribution >= 4 is 11.3 Å². The van der Waals surface area contributed by atoms with E-state index < -0.39 is 0 Å². The summed E-state index contributed by atoms with van der Waals surface area (Å²) in [5, 5.41) is 4.19. The molecule has 0 aliphatic carbocycles. The van der Waals surface area contributed by atoms with Crippen molar-refractivity contribution in [3.05, 3.63) is 22.4 Å². The minimum Gasteiger partial charge on any atom is -0.372 e. The van der Waals surface area contributed by atoms with Crippen LogP contribution in [0.25, 0.3) is 0 Å². The van der Waals surface area contributed by atoms with Crippen molar-refractivity contribution < 1.29 is 4.74 Å². The van der Waals surface area contributed by atoms with Gasteiger partial charge in [0.1, 0.15) is 0 Å². The fraction of sp³-hybridized carbons (Fsp3) is 0.636. The molecule has 0 amide bonds. The molecule has 0 saturated carbocycles. The summed E-state index contributed by atoms with van der Waals surface area (Å²) < 4.78 is 5.77. The van der Waals surface area contributed by atoms with Gasteiger partial charge in [-0.1, -0.05) is 13.8 Å². The van der Waals surface area contributed by atoms with Gasteiger partial charge in [-0.3, -0.25) is 0 Å². The molecule has 0 aliphatic rings. The van der Waals surface area contributed by atoms with Gasteiger partial charge >= 0.3 is 0 Å². The van der Waals surface area contributed by atoms with Gasteiger partial charge in [0.2, 0.25) is 0 Å². The Balaban J connectivity index is 2.62. The Morgan fingerprint density at radius 2 is 2.29 bits per heavy atom. The van der Waals surface area contributed by atoms with Crippen molar-refractivity contribution in [1.82, 2.24) is 0 Å². The molecule has 14 heavy (non-hydrogen) atoms. The van der Waals surface area contributed by atoms with Gasteiger partial charge in [-0.15, -0.1) is 0 Å². The van der Waals surface area contributed by atoms with Crippen molar-refractivity contribution in [2.45, 2.75) is 38.8 Å². The number of nitrogens with two attached hydrogens (primary N) is 1. The Hall–Kier alpha value is -0.380. The number of hydrogen-bond acceptors (Lipinski definition) is 3. The second-order valence-electron chi connectivity index (χ2n) is 3.42. The van der Waals surface area contributed by atoms with Crippen LogP contribution >= 0.6 is 11.3 Å². The first kappa shape index (κ1) is 11.7. The van der Waals surface area contributed by atoms with E-state index in [1.54, 1.807) is 11.3 Å². The Labute approximate surface area is 90.1 Å². The first-order valence-corrected chi connectivity index (χ1v) is 6.13. The van der Waals surface area contributed by atoms with E-state index in [0.29, 0.717) is 0 Å². The zero-order valence-electron chi connectivity index (χ0n) is 8.90. The van der Waals surface area contributed by atoms with Crippen LogP contribution in [0.2, 0.25) is 0 Å². The third-order valence-electron chi connectivity index (χ3n) is 2.23. The van der Waals surface area contributed by atoms with Crippen LogP contribution in [0.3, 0.4) is 0 Å². The van der Waals surface area contributed by atoms with Crippen molar-refractivity contribution in [2.75, 3.05) is 6.61 Å². The molecule has 0 aliphatic heterocycles. The summed E-state index contributed by atoms with van der Waals surface area (Å²) in [4.78, 5) is 0. The predicted molar refractivity (Wildman–Crippen MR) is 61.6 cm³/mol. The average Bonchev–Trinajstić information content (AvgIpc) is 2.71. The summed E-state index contributed by atoms with van der Waals surface area (Å²) in [5.41, 5.74) is 7.25. The summed E-state index contributed by atoms with van der Waals surface area (Å²) in [5.74, 6) is 0. The monoisotopic (exact) mass is 213 g/mol. The van der Waals surface area contributed by atoms with Gasteiger partial charge in [0.05, 0.1) is 6.10 Å². The summed E-state index contributed by atoms with van der Waals surface area (Å²) in [6, 6.07) is 2.21. The maximum atomic E-state index is 6.03. The first-order valence-electron chi connectivity index (χ1n) is 5.18. The minimum atomic E-state index is 0.0752. The van der Waals surface area contributed by atoms with E-state index in [9.17, 15) is 0 Å². The largest absolute Gasteiger partial charge is 0.372 e. The molecular weight excluding hydrogens is 194 g/mol. The molecule has 1 rings (SSSR count). The Bertz CT molecular complexity index is 235. The molecule has 1 aromatic rings. The average molecular weight is 213 g/mol. The lowest BCUT2D eigenvalue weighted by molar-refractivity contribution is 0.0342. The Morgan fingerprint density at radius 3 is 2.79 bits per heavy atom. The topological polar surface area (TPSA) is 35.2 Å². The maximum absolute atomic E-state index is 6.03. The van der Waals surface area contributed by atoms with Crippen LogP contribution in [0.4, 0.5) is 0 Å². The van der Waals surface area contributed by atoms with Crippen molar-refractivity contribution in [2.24, 2.45) is 5.73 Å². The van der Waals surface area contributed by atoms with Crippen molar-refractivity contribution in [1.29, 1.82) is 0 Å². The molecule has 2 nitrogen and oxygen atoms in total. The lowest BCUT2D eigenvalue weighted by atomic mass is 10.0. The number of rotatable bonds is 6. The van der Waals surface area contributed by atoms with Crippen LogP contribution in [-0.4, -0.2) is 12.6 Å². The highest BCUT2D eigenvalue weighted by atomic mass is 32.1. The zero-order valence-corrected chi connectivity index (χ0v) is 9.72. The maximum Gasteiger partial charge on any atom is 0.0983 e. The molecule has 0 aromatic carbocycles. The van der Waals surface area contributed by atoms with E-state index in [2.05, 4.69) is 30.7 Å². The van der Waals surface area contributed by atoms with E-state index in [1.165, 1.54) is 5.56 Å². The fourth-order valence-electron chi connectivity index (χ4n) is 1.36. The van der Waals surface area contributed by atoms with Gasteiger partial charge in [0.15, 0.2) is 0 Å². The summed E-state index contributed by atoms with van der Waals surface area (Å²) >= 11 is 1.69. The molecule has 2 N–H and O–H groups in total. The molecule has 0 fully saturated rings. The highest BCUT2D eigenvalue weighted by Gasteiger charge is 2.18. The SMILES string of the molecule is CCCOC(c1ccsc1)C(N)CC. The fourth-order valence-corrected chi connectivity index (χ4v) is 2.05. The van der Waals surface area contributed by atoms with E-state index >= 15 is 0 Å². The third-order valence-corrected chi connectivity index (χ3v) is 2.93. The van der Waals surface area contributed by atoms with Gasteiger partial charge in [-0.25, -0.2) is 0 Å². The zero-order chi connectivity index (χ0) is 10.4. The van der Waals surface area contributed by atoms with Crippen molar-refractivity contribution in [3.63, 3.8) is 0 Å². The van der Waals surface area contributed by atoms with E-state index in [4.69, 9.17) is 10.5 Å². The molecule has 3 heteroatoms. The number of ether oxygens (including phenoxy) is 1. The van der Waals surface area contributed by atoms with Crippen molar-refractivity contribution in [3.8, 4) is 0 Å². The molecule has 0 bridgehead atoms. The van der Waals surface area contributed by atoms with Gasteiger partial charge in [0, 0.05) is 12.6 Å². The molecule has 1 aromatic heterocycles. The van der Waals surface area contributed by atoms with Gasteiger partial charge in [0.25, 0.3) is 0 Å². The quantitative estimate of drug-likeness (QED) is 0.788. The molecule has 0 radical (unpaired) electrons. The van der Waals surface area contributed by atoms with E-state index in [1.807, 2.05) is 0 Å². The summed E-state index contributed by atoms with van der Waals surface area (Å²) in [6.45, 7) is 5.00. The predicted octanol–water partition coefficient (Wildman–Crippen LogP) is 2.95. The van der Waals surface area contributed by atoms with Crippen LogP contribution in [0.15, 0.2) is 16.8 Å². The Kier molecular flexibility index (Phi) is 5.15. The van der Waals surface area contributed by atoms with Gasteiger partial charge in [-0.2, -0.15) is 11.3 Å². The highest BCUT2D eigenvalue weighted by molar-refractivity contribution is 7.07. The standard InChI is InChI=1S/C11H19NOS/c1-3-6-13-11(10(12)4-2)9-5-7-14-8-9/h5,7-8,10-11H,3-4,6,12H2,1-2H3. The molecule has 1 heterocycles. The van der Waals surface area contributed by atoms with Crippen LogP contribution in [0, 0.1) is 0 Å². The van der Waals surface area contributed by atoms with Gasteiger partial charge in [-0.05, 0) is 35.2 Å². The summed E-state index contributed by atoms with van der Waals surface area (Å²) in [7, 11) is 0. The molecule has 2 unspecified atom stereocenters. The first-order chi connectivity index (χ1) is 6.79. The lowest BCUT2D eigenvalue weighted by Crippen LogP contribution is -2.29. The molecular formula is C11H19NOS. The third kappa shape index (κ3) is 3.08. The van der Waals surface area contributed by atoms with Gasteiger partial charge < -0.3 is 10.5 Å². The highest BCUT2D eigenvalue weighted by Crippen LogP contribution is 2.24. The molecule has 0 saturated heterocycles. The second-order valence-corrected chi connectivity index (χ2v) is 4.20. The molecule has 80 valence electrons. The van der Waals surface area contributed by atoms with Crippen LogP contribution < -0.4 is 5.73 Å². The lowest BCUT2D eigenvalue weighted by Gasteiger charge is -2.22. The Morgan fingerprint density at radius 1 is 1.50 bits per heavy atom. The molecule has 0 spiro atoms. The minimum absolute atomic E-state index is 0.0752. The van der Waals surface area contributed by atoms with Crippen LogP contribution in [0.5, 0.6) is 0 Å². The normalized spacial score (nSPS) is 15.4. The van der Waals surface area contributed by atoms with Crippen LogP contribution in [0.1, 0.15) is 38.4 Å². The molecule has 2 atom stereocenters. The second kappa shape index (κ2) is 6.17. The number of hydrogen-bond donors (Lipinski definition) is 1. The van der Waals surface area contributed by atoms with E-state index in [0.717, 1.165) is 19.4 Å². The van der Waals surface area contributed by atoms with Crippen LogP contribution in [-0.2, 0) is 4.74 Å².